The third-order valence-corrected chi connectivity index (χ3v) is 8.87. The van der Waals surface area contributed by atoms with E-state index in [1.165, 1.54) is 23.8 Å². The van der Waals surface area contributed by atoms with Gasteiger partial charge >= 0.3 is 0 Å². The Morgan fingerprint density at radius 1 is 1.11 bits per heavy atom. The first-order valence-corrected chi connectivity index (χ1v) is 13.4. The standard InChI is InChI=1S/C29H31N5O4/c1-32-9-6-21-20(14-33-10-7-29(8-11-33)16-38-17-29)13-23(30-26(21)32)18-2-3-22-19(12-18)15-34(28(22)37)24-4-5-25(35)31-27(24)36/h2-3,6,9,12-13,24H,4-5,7-8,10-11,14-17H2,1H3,(H,31,35,36). The predicted octanol–water partition coefficient (Wildman–Crippen LogP) is 2.61. The molecule has 2 aromatic heterocycles. The molecule has 7 rings (SSSR count). The molecular weight excluding hydrogens is 482 g/mol. The lowest BCUT2D eigenvalue weighted by atomic mass is 9.77. The molecule has 0 radical (unpaired) electrons. The van der Waals surface area contributed by atoms with E-state index < -0.39 is 11.9 Å². The number of hydrogen-bond acceptors (Lipinski definition) is 6. The Hall–Kier alpha value is -3.56. The Morgan fingerprint density at radius 3 is 2.66 bits per heavy atom. The number of imide groups is 1. The van der Waals surface area contributed by atoms with E-state index in [9.17, 15) is 14.4 Å². The quantitative estimate of drug-likeness (QED) is 0.539. The number of likely N-dealkylation sites (tertiary alicyclic amines) is 1. The summed E-state index contributed by atoms with van der Waals surface area (Å²) < 4.78 is 7.55. The predicted molar refractivity (Wildman–Crippen MR) is 140 cm³/mol. The Balaban J connectivity index is 1.17. The molecule has 4 aliphatic heterocycles. The highest BCUT2D eigenvalue weighted by atomic mass is 16.5. The molecule has 1 N–H and O–H groups in total. The fourth-order valence-corrected chi connectivity index (χ4v) is 6.42. The minimum atomic E-state index is -0.615. The number of carbonyl (C=O) groups excluding carboxylic acids is 3. The lowest BCUT2D eigenvalue weighted by Gasteiger charge is -2.47. The molecular formula is C29H31N5O4. The van der Waals surface area contributed by atoms with Gasteiger partial charge in [-0.25, -0.2) is 4.98 Å². The van der Waals surface area contributed by atoms with E-state index in [0.717, 1.165) is 55.3 Å². The van der Waals surface area contributed by atoms with Gasteiger partial charge in [-0.15, -0.1) is 0 Å². The zero-order valence-corrected chi connectivity index (χ0v) is 21.5. The third kappa shape index (κ3) is 3.84. The number of nitrogens with zero attached hydrogens (tertiary/aromatic N) is 4. The summed E-state index contributed by atoms with van der Waals surface area (Å²) in [5, 5.41) is 3.54. The second-order valence-corrected chi connectivity index (χ2v) is 11.4. The first kappa shape index (κ1) is 23.5. The van der Waals surface area contributed by atoms with Crippen LogP contribution in [0.1, 0.15) is 47.2 Å². The number of piperidine rings is 2. The van der Waals surface area contributed by atoms with Crippen molar-refractivity contribution in [3.05, 3.63) is 53.2 Å². The average Bonchev–Trinajstić information content (AvgIpc) is 3.43. The van der Waals surface area contributed by atoms with Crippen molar-refractivity contribution < 1.29 is 19.1 Å². The largest absolute Gasteiger partial charge is 0.380 e. The van der Waals surface area contributed by atoms with Crippen molar-refractivity contribution in [1.82, 2.24) is 24.7 Å². The van der Waals surface area contributed by atoms with E-state index in [0.29, 0.717) is 23.9 Å². The number of pyridine rings is 1. The zero-order valence-electron chi connectivity index (χ0n) is 21.5. The molecule has 38 heavy (non-hydrogen) atoms. The molecule has 3 aromatic rings. The average molecular weight is 514 g/mol. The van der Waals surface area contributed by atoms with Crippen LogP contribution in [0.15, 0.2) is 36.5 Å². The smallest absolute Gasteiger partial charge is 0.255 e. The van der Waals surface area contributed by atoms with Crippen LogP contribution < -0.4 is 5.32 Å². The Labute approximate surface area is 220 Å². The van der Waals surface area contributed by atoms with Gasteiger partial charge in [0, 0.05) is 54.7 Å². The van der Waals surface area contributed by atoms with Crippen molar-refractivity contribution in [2.45, 2.75) is 44.8 Å². The lowest BCUT2D eigenvalue weighted by molar-refractivity contribution is -0.140. The summed E-state index contributed by atoms with van der Waals surface area (Å²) in [5.41, 5.74) is 5.94. The molecule has 1 unspecified atom stereocenters. The fraction of sp³-hybridized carbons (Fsp3) is 0.448. The molecule has 4 aliphatic rings. The van der Waals surface area contributed by atoms with Gasteiger partial charge in [0.2, 0.25) is 11.8 Å². The van der Waals surface area contributed by atoms with Crippen LogP contribution in [0.3, 0.4) is 0 Å². The minimum absolute atomic E-state index is 0.160. The molecule has 6 heterocycles. The molecule has 0 saturated carbocycles. The monoisotopic (exact) mass is 513 g/mol. The van der Waals surface area contributed by atoms with Crippen LogP contribution in [0.4, 0.5) is 0 Å². The second kappa shape index (κ2) is 8.74. The van der Waals surface area contributed by atoms with Crippen molar-refractivity contribution in [2.24, 2.45) is 12.5 Å². The Bertz CT molecular complexity index is 1480. The normalized spacial score (nSPS) is 23.1. The Kier molecular flexibility index (Phi) is 5.42. The summed E-state index contributed by atoms with van der Waals surface area (Å²) >= 11 is 0. The van der Waals surface area contributed by atoms with Crippen LogP contribution in [0.2, 0.25) is 0 Å². The van der Waals surface area contributed by atoms with E-state index in [4.69, 9.17) is 9.72 Å². The molecule has 3 fully saturated rings. The zero-order chi connectivity index (χ0) is 26.0. The topological polar surface area (TPSA) is 96.8 Å². The number of benzene rings is 1. The van der Waals surface area contributed by atoms with Crippen LogP contribution in [0, 0.1) is 5.41 Å². The molecule has 196 valence electrons. The van der Waals surface area contributed by atoms with Crippen molar-refractivity contribution in [1.29, 1.82) is 0 Å². The molecule has 0 aliphatic carbocycles. The molecule has 1 aromatic carbocycles. The van der Waals surface area contributed by atoms with Gasteiger partial charge in [0.25, 0.3) is 5.91 Å². The minimum Gasteiger partial charge on any atom is -0.380 e. The number of amides is 3. The van der Waals surface area contributed by atoms with Crippen molar-refractivity contribution in [3.63, 3.8) is 0 Å². The summed E-state index contributed by atoms with van der Waals surface area (Å²) in [6.07, 6.45) is 5.03. The number of ether oxygens (including phenoxy) is 1. The highest BCUT2D eigenvalue weighted by Crippen LogP contribution is 2.39. The van der Waals surface area contributed by atoms with Crippen molar-refractivity contribution in [3.8, 4) is 11.3 Å². The van der Waals surface area contributed by atoms with Crippen LogP contribution in [0.5, 0.6) is 0 Å². The van der Waals surface area contributed by atoms with Crippen LogP contribution in [-0.4, -0.2) is 69.4 Å². The molecule has 1 spiro atoms. The van der Waals surface area contributed by atoms with Gasteiger partial charge in [-0.3, -0.25) is 24.6 Å². The maximum Gasteiger partial charge on any atom is 0.255 e. The fourth-order valence-electron chi connectivity index (χ4n) is 6.42. The molecule has 0 bridgehead atoms. The number of nitrogens with one attached hydrogen (secondary N) is 1. The number of fused-ring (bicyclic) bond motifs is 2. The number of aryl methyl sites for hydroxylation is 1. The number of hydrogen-bond donors (Lipinski definition) is 1. The summed E-state index contributed by atoms with van der Waals surface area (Å²) in [6.45, 7) is 5.20. The Morgan fingerprint density at radius 2 is 1.92 bits per heavy atom. The van der Waals surface area contributed by atoms with Gasteiger partial charge in [0.1, 0.15) is 11.7 Å². The first-order valence-electron chi connectivity index (χ1n) is 13.4. The van der Waals surface area contributed by atoms with E-state index in [2.05, 4.69) is 33.1 Å². The molecule has 1 atom stereocenters. The highest BCUT2D eigenvalue weighted by Gasteiger charge is 2.41. The van der Waals surface area contributed by atoms with Gasteiger partial charge in [-0.2, -0.15) is 0 Å². The summed E-state index contributed by atoms with van der Waals surface area (Å²) in [5.74, 6) is -0.833. The van der Waals surface area contributed by atoms with Gasteiger partial charge in [0.05, 0.1) is 18.9 Å². The number of carbonyl (C=O) groups is 3. The van der Waals surface area contributed by atoms with Crippen molar-refractivity contribution in [2.75, 3.05) is 26.3 Å². The van der Waals surface area contributed by atoms with E-state index in [1.54, 1.807) is 4.90 Å². The molecule has 3 amide bonds. The maximum absolute atomic E-state index is 13.1. The highest BCUT2D eigenvalue weighted by molar-refractivity contribution is 6.05. The number of aromatic nitrogens is 2. The van der Waals surface area contributed by atoms with Gasteiger partial charge in [0.15, 0.2) is 0 Å². The van der Waals surface area contributed by atoms with Crippen molar-refractivity contribution >= 4 is 28.8 Å². The first-order chi connectivity index (χ1) is 18.4. The summed E-state index contributed by atoms with van der Waals surface area (Å²) in [7, 11) is 2.02. The third-order valence-electron chi connectivity index (χ3n) is 8.87. The lowest BCUT2D eigenvalue weighted by Crippen LogP contribution is -2.52. The van der Waals surface area contributed by atoms with Gasteiger partial charge in [-0.05, 0) is 67.7 Å². The maximum atomic E-state index is 13.1. The van der Waals surface area contributed by atoms with Gasteiger partial charge in [-0.1, -0.05) is 6.07 Å². The SMILES string of the molecule is Cn1ccc2c(CN3CCC4(CC3)COC4)cc(-c3ccc4c(c3)CN(C3CCC(=O)NC3=O)C4=O)nc21. The van der Waals surface area contributed by atoms with E-state index >= 15 is 0 Å². The summed E-state index contributed by atoms with van der Waals surface area (Å²) in [4.78, 5) is 46.3. The number of rotatable bonds is 4. The van der Waals surface area contributed by atoms with Crippen LogP contribution in [0.25, 0.3) is 22.3 Å². The van der Waals surface area contributed by atoms with E-state index in [-0.39, 0.29) is 18.2 Å². The second-order valence-electron chi connectivity index (χ2n) is 11.4. The van der Waals surface area contributed by atoms with Crippen LogP contribution in [-0.2, 0) is 34.5 Å². The summed E-state index contributed by atoms with van der Waals surface area (Å²) in [6, 6.07) is 9.55. The van der Waals surface area contributed by atoms with Crippen LogP contribution >= 0.6 is 0 Å². The molecule has 3 saturated heterocycles. The van der Waals surface area contributed by atoms with Gasteiger partial charge < -0.3 is 14.2 Å². The molecule has 9 heteroatoms. The molecule has 9 nitrogen and oxygen atoms in total. The van der Waals surface area contributed by atoms with E-state index in [1.807, 2.05) is 25.2 Å².